The highest BCUT2D eigenvalue weighted by Gasteiger charge is 2.46. The molecule has 8 heteroatoms. The van der Waals surface area contributed by atoms with Crippen LogP contribution in [0, 0.1) is 19.7 Å². The van der Waals surface area contributed by atoms with Gasteiger partial charge in [0.15, 0.2) is 0 Å². The summed E-state index contributed by atoms with van der Waals surface area (Å²) in [6.45, 7) is 5.91. The highest BCUT2D eigenvalue weighted by Crippen LogP contribution is 2.52. The van der Waals surface area contributed by atoms with Gasteiger partial charge in [-0.1, -0.05) is 36.3 Å². The van der Waals surface area contributed by atoms with Gasteiger partial charge in [-0.25, -0.2) is 4.39 Å². The number of thioether (sulfide) groups is 1. The fraction of sp³-hybridized carbons (Fsp3) is 0.290. The number of carbonyl (C=O) groups is 1. The minimum Gasteiger partial charge on any atom is -0.361 e. The number of nitrogens with one attached hydrogen (secondary N) is 1. The van der Waals surface area contributed by atoms with Crippen molar-refractivity contribution >= 4 is 35.4 Å². The molecule has 1 saturated carbocycles. The van der Waals surface area contributed by atoms with Crippen LogP contribution in [-0.4, -0.2) is 16.8 Å². The number of rotatable bonds is 11. The van der Waals surface area contributed by atoms with E-state index in [-0.39, 0.29) is 17.3 Å². The molecule has 3 aromatic carbocycles. The van der Waals surface area contributed by atoms with Crippen molar-refractivity contribution in [3.05, 3.63) is 107 Å². The van der Waals surface area contributed by atoms with Crippen molar-refractivity contribution in [1.82, 2.24) is 5.16 Å². The van der Waals surface area contributed by atoms with Crippen molar-refractivity contribution in [1.29, 1.82) is 0 Å². The summed E-state index contributed by atoms with van der Waals surface area (Å²) in [7, 11) is 0. The largest absolute Gasteiger partial charge is 0.361 e. The van der Waals surface area contributed by atoms with E-state index in [0.29, 0.717) is 6.42 Å². The van der Waals surface area contributed by atoms with Crippen LogP contribution in [0.25, 0.3) is 0 Å². The SMILES string of the molecule is CCSc1ccc(C(Cc2c(C)noc2C)C(=O)Nc2ccc(C3(OSc4ccc(F)cc4)CC3)cc2)cc1. The van der Waals surface area contributed by atoms with Gasteiger partial charge in [0.2, 0.25) is 5.91 Å². The number of benzene rings is 3. The summed E-state index contributed by atoms with van der Waals surface area (Å²) in [5.41, 5.74) is 4.16. The number of anilines is 1. The fourth-order valence-electron chi connectivity index (χ4n) is 4.56. The van der Waals surface area contributed by atoms with Crippen molar-refractivity contribution in [3.8, 4) is 0 Å². The second-order valence-corrected chi connectivity index (χ2v) is 11.9. The minimum atomic E-state index is -0.396. The predicted molar refractivity (Wildman–Crippen MR) is 155 cm³/mol. The molecule has 1 aliphatic rings. The van der Waals surface area contributed by atoms with Gasteiger partial charge in [-0.3, -0.25) is 8.98 Å². The third-order valence-electron chi connectivity index (χ3n) is 6.99. The van der Waals surface area contributed by atoms with Gasteiger partial charge in [0.05, 0.1) is 11.6 Å². The molecule has 4 aromatic rings. The zero-order valence-electron chi connectivity index (χ0n) is 22.2. The van der Waals surface area contributed by atoms with E-state index in [2.05, 4.69) is 29.5 Å². The van der Waals surface area contributed by atoms with E-state index in [1.54, 1.807) is 23.9 Å². The molecule has 1 atom stereocenters. The van der Waals surface area contributed by atoms with Gasteiger partial charge in [0.25, 0.3) is 0 Å². The normalized spacial score (nSPS) is 14.7. The lowest BCUT2D eigenvalue weighted by Crippen LogP contribution is -2.23. The second-order valence-electron chi connectivity index (χ2n) is 9.74. The highest BCUT2D eigenvalue weighted by molar-refractivity contribution is 7.99. The van der Waals surface area contributed by atoms with Crippen molar-refractivity contribution in [3.63, 3.8) is 0 Å². The Bertz CT molecular complexity index is 1400. The molecular formula is C31H31FN2O3S2. The summed E-state index contributed by atoms with van der Waals surface area (Å²) in [4.78, 5) is 15.7. The molecular weight excluding hydrogens is 531 g/mol. The van der Waals surface area contributed by atoms with E-state index in [0.717, 1.165) is 57.3 Å². The molecule has 39 heavy (non-hydrogen) atoms. The lowest BCUT2D eigenvalue weighted by Gasteiger charge is -2.19. The lowest BCUT2D eigenvalue weighted by atomic mass is 9.90. The predicted octanol–water partition coefficient (Wildman–Crippen LogP) is 8.22. The van der Waals surface area contributed by atoms with Crippen LogP contribution < -0.4 is 5.32 Å². The van der Waals surface area contributed by atoms with Crippen LogP contribution in [0.1, 0.15) is 53.8 Å². The Labute approximate surface area is 237 Å². The number of carbonyl (C=O) groups excluding carboxylic acids is 1. The van der Waals surface area contributed by atoms with E-state index in [9.17, 15) is 9.18 Å². The molecule has 0 aliphatic heterocycles. The molecule has 0 saturated heterocycles. The maximum absolute atomic E-state index is 13.6. The monoisotopic (exact) mass is 562 g/mol. The number of aryl methyl sites for hydroxylation is 2. The molecule has 1 N–H and O–H groups in total. The van der Waals surface area contributed by atoms with Crippen molar-refractivity contribution in [2.24, 2.45) is 0 Å². The summed E-state index contributed by atoms with van der Waals surface area (Å²) in [6.07, 6.45) is 2.33. The zero-order valence-corrected chi connectivity index (χ0v) is 23.8. The summed E-state index contributed by atoms with van der Waals surface area (Å²) in [5, 5.41) is 7.20. The second kappa shape index (κ2) is 12.0. The quantitative estimate of drug-likeness (QED) is 0.147. The van der Waals surface area contributed by atoms with E-state index in [1.807, 2.05) is 50.2 Å². The van der Waals surface area contributed by atoms with Crippen LogP contribution in [0.2, 0.25) is 0 Å². The number of amides is 1. The van der Waals surface area contributed by atoms with Gasteiger partial charge >= 0.3 is 0 Å². The van der Waals surface area contributed by atoms with Crippen LogP contribution in [-0.2, 0) is 21.0 Å². The maximum atomic E-state index is 13.6. The van der Waals surface area contributed by atoms with E-state index in [4.69, 9.17) is 8.71 Å². The molecule has 0 spiro atoms. The first-order valence-electron chi connectivity index (χ1n) is 13.0. The number of halogens is 1. The first-order valence-corrected chi connectivity index (χ1v) is 14.8. The first kappa shape index (κ1) is 27.5. The summed E-state index contributed by atoms with van der Waals surface area (Å²) in [5.74, 6) is 0.992. The molecule has 202 valence electrons. The van der Waals surface area contributed by atoms with Crippen molar-refractivity contribution in [2.45, 2.75) is 61.3 Å². The third kappa shape index (κ3) is 6.57. The topological polar surface area (TPSA) is 64.4 Å². The van der Waals surface area contributed by atoms with Gasteiger partial charge in [-0.2, -0.15) is 0 Å². The Balaban J connectivity index is 1.29. The van der Waals surface area contributed by atoms with E-state index < -0.39 is 5.92 Å². The maximum Gasteiger partial charge on any atom is 0.232 e. The molecule has 5 rings (SSSR count). The van der Waals surface area contributed by atoms with Gasteiger partial charge < -0.3 is 9.84 Å². The summed E-state index contributed by atoms with van der Waals surface area (Å²) < 4.78 is 24.7. The van der Waals surface area contributed by atoms with Gasteiger partial charge in [0, 0.05) is 33.1 Å². The summed E-state index contributed by atoms with van der Waals surface area (Å²) >= 11 is 3.04. The van der Waals surface area contributed by atoms with Gasteiger partial charge in [-0.15, -0.1) is 11.8 Å². The Kier molecular flexibility index (Phi) is 8.45. The average molecular weight is 563 g/mol. The molecule has 0 bridgehead atoms. The Morgan fingerprint density at radius 1 is 1.03 bits per heavy atom. The number of hydrogen-bond donors (Lipinski definition) is 1. The molecule has 1 fully saturated rings. The smallest absolute Gasteiger partial charge is 0.232 e. The molecule has 0 radical (unpaired) electrons. The molecule has 1 aromatic heterocycles. The Hall–Kier alpha value is -3.07. The molecule has 1 heterocycles. The van der Waals surface area contributed by atoms with Gasteiger partial charge in [0.1, 0.15) is 17.2 Å². The Morgan fingerprint density at radius 2 is 1.69 bits per heavy atom. The van der Waals surface area contributed by atoms with Crippen LogP contribution in [0.4, 0.5) is 10.1 Å². The first-order chi connectivity index (χ1) is 18.9. The zero-order chi connectivity index (χ0) is 27.4. The number of aromatic nitrogens is 1. The number of nitrogens with zero attached hydrogens (tertiary/aromatic N) is 1. The van der Waals surface area contributed by atoms with Crippen LogP contribution in [0.3, 0.4) is 0 Å². The van der Waals surface area contributed by atoms with E-state index in [1.165, 1.54) is 29.1 Å². The fourth-order valence-corrected chi connectivity index (χ4v) is 5.99. The van der Waals surface area contributed by atoms with Crippen molar-refractivity contribution in [2.75, 3.05) is 11.1 Å². The lowest BCUT2D eigenvalue weighted by molar-refractivity contribution is -0.117. The minimum absolute atomic E-state index is 0.0807. The summed E-state index contributed by atoms with van der Waals surface area (Å²) in [6, 6.07) is 22.4. The number of hydrogen-bond acceptors (Lipinski definition) is 6. The molecule has 1 amide bonds. The van der Waals surface area contributed by atoms with Crippen LogP contribution >= 0.6 is 23.8 Å². The highest BCUT2D eigenvalue weighted by atomic mass is 32.2. The van der Waals surface area contributed by atoms with Gasteiger partial charge in [-0.05, 0) is 98.5 Å². The standard InChI is InChI=1S/C31H31FN2O3S2/c1-4-38-26-13-5-22(6-14-26)29(19-28-20(2)34-36-21(28)3)30(35)33-25-11-7-23(8-12-25)31(17-18-31)37-39-27-15-9-24(32)10-16-27/h5-16,29H,4,17-19H2,1-3H3,(H,33,35). The van der Waals surface area contributed by atoms with Crippen LogP contribution in [0.5, 0.6) is 0 Å². The molecule has 1 aliphatic carbocycles. The van der Waals surface area contributed by atoms with E-state index >= 15 is 0 Å². The molecule has 1 unspecified atom stereocenters. The van der Waals surface area contributed by atoms with Crippen molar-refractivity contribution < 1.29 is 17.9 Å². The average Bonchev–Trinajstić information content (AvgIpc) is 3.67. The van der Waals surface area contributed by atoms with Crippen LogP contribution in [0.15, 0.2) is 87.1 Å². The third-order valence-corrected chi connectivity index (χ3v) is 8.75. The molecule has 5 nitrogen and oxygen atoms in total. The Morgan fingerprint density at radius 3 is 2.28 bits per heavy atom.